The molecule has 5 nitrogen and oxygen atoms in total. The van der Waals surface area contributed by atoms with Crippen molar-refractivity contribution in [2.45, 2.75) is 0 Å². The van der Waals surface area contributed by atoms with Gasteiger partial charge in [0.2, 0.25) is 0 Å². The van der Waals surface area contributed by atoms with E-state index in [-0.39, 0.29) is 0 Å². The first-order chi connectivity index (χ1) is 28.7. The predicted molar refractivity (Wildman–Crippen MR) is 244 cm³/mol. The Morgan fingerprint density at radius 3 is 1.86 bits per heavy atom. The van der Waals surface area contributed by atoms with Gasteiger partial charge in [-0.2, -0.15) is 0 Å². The topological polar surface area (TPSA) is 56.7 Å². The molecule has 0 N–H and O–H groups in total. The molecule has 0 bridgehead atoms. The van der Waals surface area contributed by atoms with Gasteiger partial charge in [-0.1, -0.05) is 115 Å². The lowest BCUT2D eigenvalue weighted by atomic mass is 10.0. The third-order valence-corrected chi connectivity index (χ3v) is 13.8. The summed E-state index contributed by atoms with van der Waals surface area (Å²) in [6, 6.07) is 60.0. The Bertz CT molecular complexity index is 3740. The van der Waals surface area contributed by atoms with Crippen molar-refractivity contribution in [3.63, 3.8) is 0 Å². The van der Waals surface area contributed by atoms with E-state index in [9.17, 15) is 0 Å². The molecule has 58 heavy (non-hydrogen) atoms. The molecule has 0 aliphatic carbocycles. The molecule has 0 fully saturated rings. The van der Waals surface area contributed by atoms with E-state index in [1.54, 1.807) is 11.3 Å². The standard InChI is InChI=1S/C51H28N4OS2/c1-3-13-29(14-4-1)49-52-50(30-15-5-2-6-16-30)54-51(53-49)38-26-31(25-37-47-44(58-48(37)38)24-23-42-46(47)34-19-8-11-21-41(34)56-42)55-39-20-10-7-17-32(39)35-27-36-33-18-9-12-22-43(33)57-45(36)28-40(35)55/h1-28H. The Labute approximate surface area is 338 Å². The Balaban J connectivity index is 1.19. The molecule has 13 rings (SSSR count). The van der Waals surface area contributed by atoms with Gasteiger partial charge >= 0.3 is 0 Å². The zero-order chi connectivity index (χ0) is 37.9. The smallest absolute Gasteiger partial charge is 0.165 e. The van der Waals surface area contributed by atoms with E-state index in [2.05, 4.69) is 132 Å². The Morgan fingerprint density at radius 2 is 1.07 bits per heavy atom. The van der Waals surface area contributed by atoms with Crippen LogP contribution in [0.1, 0.15) is 0 Å². The molecule has 0 radical (unpaired) electrons. The van der Waals surface area contributed by atoms with Gasteiger partial charge in [0, 0.05) is 84.3 Å². The molecule has 0 unspecified atom stereocenters. The Hall–Kier alpha value is -7.19. The number of fused-ring (bicyclic) bond motifs is 13. The van der Waals surface area contributed by atoms with Crippen molar-refractivity contribution in [2.75, 3.05) is 0 Å². The van der Waals surface area contributed by atoms with Gasteiger partial charge in [0.05, 0.1) is 11.0 Å². The van der Waals surface area contributed by atoms with Crippen LogP contribution < -0.4 is 0 Å². The van der Waals surface area contributed by atoms with E-state index in [4.69, 9.17) is 19.4 Å². The van der Waals surface area contributed by atoms with Crippen LogP contribution in [0.15, 0.2) is 174 Å². The van der Waals surface area contributed by atoms with Crippen LogP contribution >= 0.6 is 22.7 Å². The molecule has 0 aliphatic rings. The van der Waals surface area contributed by atoms with Crippen molar-refractivity contribution >= 4 is 107 Å². The number of furan rings is 1. The quantitative estimate of drug-likeness (QED) is 0.179. The third kappa shape index (κ3) is 4.66. The van der Waals surface area contributed by atoms with Gasteiger partial charge in [-0.25, -0.2) is 15.0 Å². The largest absolute Gasteiger partial charge is 0.456 e. The summed E-state index contributed by atoms with van der Waals surface area (Å²) >= 11 is 3.63. The van der Waals surface area contributed by atoms with Crippen LogP contribution in [0.3, 0.4) is 0 Å². The first-order valence-corrected chi connectivity index (χ1v) is 20.9. The zero-order valence-corrected chi connectivity index (χ0v) is 32.3. The first-order valence-electron chi connectivity index (χ1n) is 19.3. The maximum absolute atomic E-state index is 6.47. The molecule has 270 valence electrons. The van der Waals surface area contributed by atoms with Crippen molar-refractivity contribution < 1.29 is 4.42 Å². The molecule has 13 aromatic rings. The molecule has 0 atom stereocenters. The summed E-state index contributed by atoms with van der Waals surface area (Å²) in [6.07, 6.45) is 0. The number of aromatic nitrogens is 4. The van der Waals surface area contributed by atoms with E-state index in [1.807, 2.05) is 53.8 Å². The van der Waals surface area contributed by atoms with Crippen molar-refractivity contribution in [3.05, 3.63) is 170 Å². The number of para-hydroxylation sites is 2. The molecule has 0 saturated carbocycles. The van der Waals surface area contributed by atoms with E-state index in [0.717, 1.165) is 65.4 Å². The second-order valence-corrected chi connectivity index (χ2v) is 16.9. The highest BCUT2D eigenvalue weighted by Gasteiger charge is 2.23. The van der Waals surface area contributed by atoms with E-state index in [0.29, 0.717) is 17.5 Å². The average molecular weight is 777 g/mol. The predicted octanol–water partition coefficient (Wildman–Crippen LogP) is 14.6. The molecule has 0 aliphatic heterocycles. The minimum absolute atomic E-state index is 0.632. The van der Waals surface area contributed by atoms with Gasteiger partial charge in [0.1, 0.15) is 11.2 Å². The lowest BCUT2D eigenvalue weighted by Gasteiger charge is -2.13. The zero-order valence-electron chi connectivity index (χ0n) is 30.7. The molecule has 0 spiro atoms. The van der Waals surface area contributed by atoms with Crippen molar-refractivity contribution in [3.8, 4) is 39.9 Å². The van der Waals surface area contributed by atoms with Gasteiger partial charge in [-0.15, -0.1) is 22.7 Å². The molecular weight excluding hydrogens is 749 g/mol. The van der Waals surface area contributed by atoms with Gasteiger partial charge in [0.15, 0.2) is 17.5 Å². The minimum atomic E-state index is 0.632. The number of hydrogen-bond donors (Lipinski definition) is 0. The van der Waals surface area contributed by atoms with E-state index >= 15 is 0 Å². The summed E-state index contributed by atoms with van der Waals surface area (Å²) in [5.74, 6) is 1.90. The molecule has 5 heterocycles. The highest BCUT2D eigenvalue weighted by Crippen LogP contribution is 2.48. The molecule has 5 aromatic heterocycles. The van der Waals surface area contributed by atoms with Crippen LogP contribution in [0, 0.1) is 0 Å². The van der Waals surface area contributed by atoms with Crippen LogP contribution in [-0.4, -0.2) is 19.5 Å². The highest BCUT2D eigenvalue weighted by atomic mass is 32.1. The summed E-state index contributed by atoms with van der Waals surface area (Å²) in [4.78, 5) is 15.6. The maximum atomic E-state index is 6.47. The fraction of sp³-hybridized carbons (Fsp3) is 0. The summed E-state index contributed by atoms with van der Waals surface area (Å²) in [5, 5.41) is 9.58. The minimum Gasteiger partial charge on any atom is -0.456 e. The lowest BCUT2D eigenvalue weighted by Crippen LogP contribution is -2.01. The first kappa shape index (κ1) is 32.0. The number of benzene rings is 8. The fourth-order valence-electron chi connectivity index (χ4n) is 8.86. The number of nitrogens with zero attached hydrogens (tertiary/aromatic N) is 4. The summed E-state index contributed by atoms with van der Waals surface area (Å²) in [7, 11) is 0. The van der Waals surface area contributed by atoms with E-state index in [1.165, 1.54) is 41.0 Å². The Morgan fingerprint density at radius 1 is 0.397 bits per heavy atom. The Kier molecular flexibility index (Phi) is 6.70. The molecule has 8 aromatic carbocycles. The summed E-state index contributed by atoms with van der Waals surface area (Å²) < 4.78 is 13.8. The lowest BCUT2D eigenvalue weighted by molar-refractivity contribution is 0.669. The second-order valence-electron chi connectivity index (χ2n) is 14.7. The number of hydrogen-bond acceptors (Lipinski definition) is 6. The van der Waals surface area contributed by atoms with Gasteiger partial charge < -0.3 is 8.98 Å². The SMILES string of the molecule is c1ccc(-c2nc(-c3ccccc3)nc(-c3cc(-n4c5ccccc5c5cc6c(cc54)sc4ccccc46)cc4c3sc3ccc5oc6ccccc6c5c34)n2)cc1. The van der Waals surface area contributed by atoms with Crippen molar-refractivity contribution in [2.24, 2.45) is 0 Å². The van der Waals surface area contributed by atoms with Crippen molar-refractivity contribution in [1.82, 2.24) is 19.5 Å². The molecular formula is C51H28N4OS2. The molecule has 0 saturated heterocycles. The third-order valence-electron chi connectivity index (χ3n) is 11.4. The highest BCUT2D eigenvalue weighted by molar-refractivity contribution is 7.26. The molecule has 0 amide bonds. The van der Waals surface area contributed by atoms with Gasteiger partial charge in [0.25, 0.3) is 0 Å². The van der Waals surface area contributed by atoms with Crippen LogP contribution in [0.4, 0.5) is 0 Å². The normalized spacial score (nSPS) is 12.1. The van der Waals surface area contributed by atoms with Crippen LogP contribution in [0.2, 0.25) is 0 Å². The maximum Gasteiger partial charge on any atom is 0.165 e. The van der Waals surface area contributed by atoms with Gasteiger partial charge in [-0.3, -0.25) is 0 Å². The van der Waals surface area contributed by atoms with Crippen LogP contribution in [0.5, 0.6) is 0 Å². The summed E-state index contributed by atoms with van der Waals surface area (Å²) in [6.45, 7) is 0. The number of rotatable bonds is 4. The van der Waals surface area contributed by atoms with E-state index < -0.39 is 0 Å². The average Bonchev–Trinajstić information content (AvgIpc) is 4.04. The van der Waals surface area contributed by atoms with Crippen LogP contribution in [0.25, 0.3) is 124 Å². The van der Waals surface area contributed by atoms with Crippen LogP contribution in [-0.2, 0) is 0 Å². The van der Waals surface area contributed by atoms with Gasteiger partial charge in [-0.05, 0) is 54.6 Å². The summed E-state index contributed by atoms with van der Waals surface area (Å²) in [5.41, 5.74) is 7.95. The fourth-order valence-corrected chi connectivity index (χ4v) is 11.2. The van der Waals surface area contributed by atoms with Crippen molar-refractivity contribution in [1.29, 1.82) is 0 Å². The molecule has 7 heteroatoms. The second kappa shape index (κ2) is 12.2. The monoisotopic (exact) mass is 776 g/mol. The number of thiophene rings is 2.